The number of amides is 1. The number of hydrogen-bond donors (Lipinski definition) is 2. The second-order valence-electron chi connectivity index (χ2n) is 4.28. The zero-order valence-electron chi connectivity index (χ0n) is 10.9. The van der Waals surface area contributed by atoms with E-state index in [1.54, 1.807) is 0 Å². The SMILES string of the molecule is O=C(NCc1ccc(C(O)c2cccs2)s1)c1ccno1. The van der Waals surface area contributed by atoms with Crippen LogP contribution in [0, 0.1) is 0 Å². The van der Waals surface area contributed by atoms with Crippen LogP contribution in [0.3, 0.4) is 0 Å². The minimum absolute atomic E-state index is 0.186. The molecule has 3 aromatic heterocycles. The zero-order chi connectivity index (χ0) is 14.7. The Morgan fingerprint density at radius 3 is 2.95 bits per heavy atom. The maximum Gasteiger partial charge on any atom is 0.290 e. The molecule has 0 aromatic carbocycles. The van der Waals surface area contributed by atoms with Gasteiger partial charge in [-0.15, -0.1) is 22.7 Å². The Hall–Kier alpha value is -1.96. The van der Waals surface area contributed by atoms with Gasteiger partial charge in [0.25, 0.3) is 5.91 Å². The third-order valence-electron chi connectivity index (χ3n) is 2.85. The molecule has 1 unspecified atom stereocenters. The van der Waals surface area contributed by atoms with E-state index in [0.717, 1.165) is 14.6 Å². The molecule has 0 spiro atoms. The van der Waals surface area contributed by atoms with E-state index >= 15 is 0 Å². The van der Waals surface area contributed by atoms with Crippen LogP contribution in [0.15, 0.2) is 46.4 Å². The molecule has 21 heavy (non-hydrogen) atoms. The highest BCUT2D eigenvalue weighted by atomic mass is 32.1. The summed E-state index contributed by atoms with van der Waals surface area (Å²) < 4.78 is 4.78. The molecular weight excluding hydrogens is 308 g/mol. The first kappa shape index (κ1) is 14.0. The van der Waals surface area contributed by atoms with Crippen molar-refractivity contribution in [2.75, 3.05) is 0 Å². The molecule has 0 radical (unpaired) electrons. The fraction of sp³-hybridized carbons (Fsp3) is 0.143. The Morgan fingerprint density at radius 1 is 1.33 bits per heavy atom. The number of rotatable bonds is 5. The molecule has 108 valence electrons. The number of aromatic nitrogens is 1. The topological polar surface area (TPSA) is 75.4 Å². The quantitative estimate of drug-likeness (QED) is 0.758. The Balaban J connectivity index is 1.62. The van der Waals surface area contributed by atoms with Gasteiger partial charge in [-0.2, -0.15) is 0 Å². The van der Waals surface area contributed by atoms with E-state index in [9.17, 15) is 9.90 Å². The number of aliphatic hydroxyl groups is 1. The van der Waals surface area contributed by atoms with Crippen LogP contribution in [0.5, 0.6) is 0 Å². The van der Waals surface area contributed by atoms with Crippen molar-refractivity contribution in [3.05, 3.63) is 62.3 Å². The first-order valence-electron chi connectivity index (χ1n) is 6.23. The maximum absolute atomic E-state index is 11.7. The molecule has 3 rings (SSSR count). The van der Waals surface area contributed by atoms with Crippen molar-refractivity contribution in [3.63, 3.8) is 0 Å². The molecule has 2 N–H and O–H groups in total. The van der Waals surface area contributed by atoms with Crippen LogP contribution >= 0.6 is 22.7 Å². The summed E-state index contributed by atoms with van der Waals surface area (Å²) in [6, 6.07) is 9.11. The molecule has 0 saturated carbocycles. The van der Waals surface area contributed by atoms with Gasteiger partial charge in [-0.1, -0.05) is 11.2 Å². The highest BCUT2D eigenvalue weighted by molar-refractivity contribution is 7.12. The fourth-order valence-electron chi connectivity index (χ4n) is 1.81. The van der Waals surface area contributed by atoms with Crippen molar-refractivity contribution < 1.29 is 14.4 Å². The Kier molecular flexibility index (Phi) is 4.14. The predicted molar refractivity (Wildman–Crippen MR) is 80.4 cm³/mol. The smallest absolute Gasteiger partial charge is 0.290 e. The van der Waals surface area contributed by atoms with E-state index < -0.39 is 6.10 Å². The molecule has 7 heteroatoms. The zero-order valence-corrected chi connectivity index (χ0v) is 12.5. The van der Waals surface area contributed by atoms with Crippen LogP contribution in [-0.2, 0) is 6.54 Å². The summed E-state index contributed by atoms with van der Waals surface area (Å²) in [6.07, 6.45) is 0.823. The number of carbonyl (C=O) groups excluding carboxylic acids is 1. The van der Waals surface area contributed by atoms with Gasteiger partial charge in [0.15, 0.2) is 0 Å². The van der Waals surface area contributed by atoms with E-state index in [1.165, 1.54) is 34.9 Å². The van der Waals surface area contributed by atoms with E-state index in [2.05, 4.69) is 10.5 Å². The lowest BCUT2D eigenvalue weighted by Gasteiger charge is -2.05. The minimum atomic E-state index is -0.603. The lowest BCUT2D eigenvalue weighted by Crippen LogP contribution is -2.21. The number of aliphatic hydroxyl groups excluding tert-OH is 1. The first-order chi connectivity index (χ1) is 10.2. The summed E-state index contributed by atoms with van der Waals surface area (Å²) in [6.45, 7) is 0.390. The van der Waals surface area contributed by atoms with E-state index in [-0.39, 0.29) is 11.7 Å². The second kappa shape index (κ2) is 6.21. The molecule has 1 atom stereocenters. The number of nitrogens with zero attached hydrogens (tertiary/aromatic N) is 1. The van der Waals surface area contributed by atoms with Crippen LogP contribution in [0.4, 0.5) is 0 Å². The summed E-state index contributed by atoms with van der Waals surface area (Å²) in [7, 11) is 0. The highest BCUT2D eigenvalue weighted by Gasteiger charge is 2.15. The van der Waals surface area contributed by atoms with Gasteiger partial charge < -0.3 is 14.9 Å². The molecule has 0 aliphatic rings. The molecule has 3 aromatic rings. The average molecular weight is 320 g/mol. The fourth-order valence-corrected chi connectivity index (χ4v) is 3.57. The van der Waals surface area contributed by atoms with Gasteiger partial charge in [0.1, 0.15) is 6.10 Å². The summed E-state index contributed by atoms with van der Waals surface area (Å²) in [5.41, 5.74) is 0. The van der Waals surface area contributed by atoms with Crippen molar-refractivity contribution in [1.29, 1.82) is 0 Å². The Labute approximate surface area is 128 Å². The molecule has 1 amide bonds. The third-order valence-corrected chi connectivity index (χ3v) is 4.91. The monoisotopic (exact) mass is 320 g/mol. The predicted octanol–water partition coefficient (Wildman–Crippen LogP) is 2.81. The van der Waals surface area contributed by atoms with Crippen LogP contribution < -0.4 is 5.32 Å². The summed E-state index contributed by atoms with van der Waals surface area (Å²) in [4.78, 5) is 14.5. The molecule has 0 fully saturated rings. The van der Waals surface area contributed by atoms with Gasteiger partial charge in [-0.3, -0.25) is 4.79 Å². The van der Waals surface area contributed by atoms with E-state index in [1.807, 2.05) is 29.6 Å². The van der Waals surface area contributed by atoms with Crippen molar-refractivity contribution in [1.82, 2.24) is 10.5 Å². The largest absolute Gasteiger partial charge is 0.382 e. The maximum atomic E-state index is 11.7. The van der Waals surface area contributed by atoms with Crippen LogP contribution in [0.2, 0.25) is 0 Å². The van der Waals surface area contributed by atoms with Gasteiger partial charge in [-0.25, -0.2) is 0 Å². The molecule has 0 bridgehead atoms. The van der Waals surface area contributed by atoms with Gasteiger partial charge in [0.2, 0.25) is 5.76 Å². The Bertz CT molecular complexity index is 705. The Morgan fingerprint density at radius 2 is 2.24 bits per heavy atom. The third kappa shape index (κ3) is 3.21. The van der Waals surface area contributed by atoms with Crippen LogP contribution in [0.1, 0.15) is 31.3 Å². The van der Waals surface area contributed by atoms with Crippen molar-refractivity contribution in [2.24, 2.45) is 0 Å². The molecule has 0 aliphatic heterocycles. The molecule has 5 nitrogen and oxygen atoms in total. The first-order valence-corrected chi connectivity index (χ1v) is 7.92. The molecule has 0 aliphatic carbocycles. The summed E-state index contributed by atoms with van der Waals surface area (Å²) in [5, 5.41) is 18.4. The van der Waals surface area contributed by atoms with Gasteiger partial charge in [0.05, 0.1) is 12.7 Å². The molecule has 0 saturated heterocycles. The van der Waals surface area contributed by atoms with Gasteiger partial charge in [0, 0.05) is 20.7 Å². The summed E-state index contributed by atoms with van der Waals surface area (Å²) in [5.74, 6) is -0.119. The number of hydrogen-bond acceptors (Lipinski definition) is 6. The van der Waals surface area contributed by atoms with E-state index in [4.69, 9.17) is 4.52 Å². The minimum Gasteiger partial charge on any atom is -0.382 e. The molecular formula is C14H12N2O3S2. The van der Waals surface area contributed by atoms with Crippen LogP contribution in [0.25, 0.3) is 0 Å². The standard InChI is InChI=1S/C14H12N2O3S2/c17-13(11-2-1-7-20-11)12-4-3-9(21-12)8-15-14(18)10-5-6-16-19-10/h1-7,13,17H,8H2,(H,15,18). The summed E-state index contributed by atoms with van der Waals surface area (Å²) >= 11 is 2.99. The number of nitrogens with one attached hydrogen (secondary N) is 1. The van der Waals surface area contributed by atoms with Crippen molar-refractivity contribution >= 4 is 28.6 Å². The average Bonchev–Trinajstić information content (AvgIpc) is 3.26. The lowest BCUT2D eigenvalue weighted by atomic mass is 10.2. The van der Waals surface area contributed by atoms with Gasteiger partial charge >= 0.3 is 0 Å². The van der Waals surface area contributed by atoms with Crippen molar-refractivity contribution in [2.45, 2.75) is 12.6 Å². The van der Waals surface area contributed by atoms with Crippen molar-refractivity contribution in [3.8, 4) is 0 Å². The second-order valence-corrected chi connectivity index (χ2v) is 6.46. The number of thiophene rings is 2. The molecule has 3 heterocycles. The van der Waals surface area contributed by atoms with Crippen LogP contribution in [-0.4, -0.2) is 16.2 Å². The number of carbonyl (C=O) groups is 1. The highest BCUT2D eigenvalue weighted by Crippen LogP contribution is 2.30. The van der Waals surface area contributed by atoms with Gasteiger partial charge in [-0.05, 0) is 23.6 Å². The van der Waals surface area contributed by atoms with E-state index in [0.29, 0.717) is 6.54 Å². The normalized spacial score (nSPS) is 12.2. The lowest BCUT2D eigenvalue weighted by molar-refractivity contribution is 0.0914.